The lowest BCUT2D eigenvalue weighted by Gasteiger charge is -2.15. The van der Waals surface area contributed by atoms with Crippen molar-refractivity contribution in [2.75, 3.05) is 5.32 Å². The van der Waals surface area contributed by atoms with Crippen LogP contribution in [-0.4, -0.2) is 17.9 Å². The fourth-order valence-electron chi connectivity index (χ4n) is 3.77. The lowest BCUT2D eigenvalue weighted by atomic mass is 10.0. The second-order valence-electron chi connectivity index (χ2n) is 7.09. The maximum atomic E-state index is 12.6. The van der Waals surface area contributed by atoms with Crippen molar-refractivity contribution in [3.8, 4) is 0 Å². The SMILES string of the molecule is CCc1cccc(CC)c1NC(=O)C1CC1C(=O)NC1CCCC1. The number of benzene rings is 1. The van der Waals surface area contributed by atoms with Crippen LogP contribution in [0, 0.1) is 11.8 Å². The average Bonchev–Trinajstić information content (AvgIpc) is 3.25. The zero-order valence-corrected chi connectivity index (χ0v) is 14.7. The molecule has 2 amide bonds. The predicted octanol–water partition coefficient (Wildman–Crippen LogP) is 3.44. The Hall–Kier alpha value is -1.84. The second-order valence-corrected chi connectivity index (χ2v) is 7.09. The summed E-state index contributed by atoms with van der Waals surface area (Å²) in [4.78, 5) is 24.9. The Bertz CT molecular complexity index is 598. The smallest absolute Gasteiger partial charge is 0.228 e. The van der Waals surface area contributed by atoms with Crippen LogP contribution in [0.5, 0.6) is 0 Å². The van der Waals surface area contributed by atoms with Crippen molar-refractivity contribution in [3.05, 3.63) is 29.3 Å². The number of hydrogen-bond acceptors (Lipinski definition) is 2. The molecule has 1 aromatic rings. The summed E-state index contributed by atoms with van der Waals surface area (Å²) in [5.74, 6) is -0.232. The minimum Gasteiger partial charge on any atom is -0.353 e. The van der Waals surface area contributed by atoms with Crippen LogP contribution in [0.15, 0.2) is 18.2 Å². The molecule has 2 N–H and O–H groups in total. The number of carbonyl (C=O) groups excluding carboxylic acids is 2. The molecule has 2 fully saturated rings. The minimum atomic E-state index is -0.166. The molecule has 0 saturated heterocycles. The first-order valence-electron chi connectivity index (χ1n) is 9.36. The highest BCUT2D eigenvalue weighted by Gasteiger charge is 2.48. The molecule has 0 heterocycles. The third kappa shape index (κ3) is 3.63. The molecule has 0 bridgehead atoms. The molecule has 2 aliphatic carbocycles. The average molecular weight is 328 g/mol. The number of amides is 2. The minimum absolute atomic E-state index is 0.00262. The van der Waals surface area contributed by atoms with Crippen LogP contribution in [0.1, 0.15) is 57.1 Å². The monoisotopic (exact) mass is 328 g/mol. The van der Waals surface area contributed by atoms with Gasteiger partial charge in [0.2, 0.25) is 11.8 Å². The summed E-state index contributed by atoms with van der Waals surface area (Å²) in [7, 11) is 0. The molecule has 0 aliphatic heterocycles. The number of aryl methyl sites for hydroxylation is 2. The van der Waals surface area contributed by atoms with Gasteiger partial charge in [0.15, 0.2) is 0 Å². The topological polar surface area (TPSA) is 58.2 Å². The molecule has 4 nitrogen and oxygen atoms in total. The van der Waals surface area contributed by atoms with E-state index >= 15 is 0 Å². The van der Waals surface area contributed by atoms with Crippen LogP contribution in [0.3, 0.4) is 0 Å². The lowest BCUT2D eigenvalue weighted by molar-refractivity contribution is -0.125. The highest BCUT2D eigenvalue weighted by atomic mass is 16.2. The molecule has 2 saturated carbocycles. The standard InChI is InChI=1S/C20H28N2O2/c1-3-13-8-7-9-14(4-2)18(13)22-20(24)17-12-16(17)19(23)21-15-10-5-6-11-15/h7-9,15-17H,3-6,10-12H2,1-2H3,(H,21,23)(H,22,24). The van der Waals surface area contributed by atoms with Crippen molar-refractivity contribution in [1.29, 1.82) is 0 Å². The Morgan fingerprint density at radius 1 is 1.00 bits per heavy atom. The summed E-state index contributed by atoms with van der Waals surface area (Å²) in [6.07, 6.45) is 7.03. The van der Waals surface area contributed by atoms with Crippen molar-refractivity contribution >= 4 is 17.5 Å². The Balaban J connectivity index is 1.59. The van der Waals surface area contributed by atoms with Crippen molar-refractivity contribution in [2.24, 2.45) is 11.8 Å². The Kier molecular flexibility index (Phi) is 5.22. The van der Waals surface area contributed by atoms with Gasteiger partial charge >= 0.3 is 0 Å². The van der Waals surface area contributed by atoms with Gasteiger partial charge in [0, 0.05) is 11.7 Å². The van der Waals surface area contributed by atoms with Crippen LogP contribution in [0.2, 0.25) is 0 Å². The summed E-state index contributed by atoms with van der Waals surface area (Å²) < 4.78 is 0. The van der Waals surface area contributed by atoms with Gasteiger partial charge in [-0.3, -0.25) is 9.59 Å². The Labute approximate surface area is 144 Å². The second kappa shape index (κ2) is 7.37. The first kappa shape index (κ1) is 17.0. The van der Waals surface area contributed by atoms with Gasteiger partial charge in [-0.2, -0.15) is 0 Å². The van der Waals surface area contributed by atoms with Crippen LogP contribution in [-0.2, 0) is 22.4 Å². The fourth-order valence-corrected chi connectivity index (χ4v) is 3.77. The van der Waals surface area contributed by atoms with E-state index in [0.717, 1.165) is 42.5 Å². The van der Waals surface area contributed by atoms with Gasteiger partial charge in [-0.1, -0.05) is 44.9 Å². The molecule has 2 unspecified atom stereocenters. The first-order valence-corrected chi connectivity index (χ1v) is 9.36. The van der Waals surface area contributed by atoms with Crippen LogP contribution in [0.25, 0.3) is 0 Å². The van der Waals surface area contributed by atoms with Gasteiger partial charge in [-0.25, -0.2) is 0 Å². The molecule has 0 radical (unpaired) electrons. The quantitative estimate of drug-likeness (QED) is 0.840. The highest BCUT2D eigenvalue weighted by Crippen LogP contribution is 2.40. The molecular formula is C20H28N2O2. The van der Waals surface area contributed by atoms with Crippen molar-refractivity contribution < 1.29 is 9.59 Å². The Morgan fingerprint density at radius 3 is 2.17 bits per heavy atom. The van der Waals surface area contributed by atoms with Crippen molar-refractivity contribution in [3.63, 3.8) is 0 Å². The van der Waals surface area contributed by atoms with E-state index < -0.39 is 0 Å². The van der Waals surface area contributed by atoms with Crippen LogP contribution in [0.4, 0.5) is 5.69 Å². The normalized spacial score (nSPS) is 23.1. The van der Waals surface area contributed by atoms with Gasteiger partial charge in [-0.05, 0) is 43.2 Å². The largest absolute Gasteiger partial charge is 0.353 e. The van der Waals surface area contributed by atoms with E-state index in [-0.39, 0.29) is 23.7 Å². The number of nitrogens with one attached hydrogen (secondary N) is 2. The van der Waals surface area contributed by atoms with Crippen LogP contribution < -0.4 is 10.6 Å². The molecule has 4 heteroatoms. The molecule has 0 spiro atoms. The van der Waals surface area contributed by atoms with E-state index in [0.29, 0.717) is 12.5 Å². The zero-order chi connectivity index (χ0) is 17.1. The molecule has 1 aromatic carbocycles. The number of hydrogen-bond donors (Lipinski definition) is 2. The first-order chi connectivity index (χ1) is 11.6. The van der Waals surface area contributed by atoms with E-state index in [1.165, 1.54) is 12.8 Å². The lowest BCUT2D eigenvalue weighted by Crippen LogP contribution is -2.34. The van der Waals surface area contributed by atoms with E-state index in [1.54, 1.807) is 0 Å². The summed E-state index contributed by atoms with van der Waals surface area (Å²) in [6.45, 7) is 4.19. The maximum Gasteiger partial charge on any atom is 0.228 e. The molecule has 130 valence electrons. The molecule has 2 atom stereocenters. The molecule has 0 aromatic heterocycles. The molecule has 24 heavy (non-hydrogen) atoms. The van der Waals surface area contributed by atoms with Gasteiger partial charge < -0.3 is 10.6 Å². The summed E-state index contributed by atoms with van der Waals surface area (Å²) in [6, 6.07) is 6.49. The molecule has 3 rings (SSSR count). The number of para-hydroxylation sites is 1. The van der Waals surface area contributed by atoms with Gasteiger partial charge in [0.1, 0.15) is 0 Å². The van der Waals surface area contributed by atoms with Gasteiger partial charge in [0.25, 0.3) is 0 Å². The maximum absolute atomic E-state index is 12.6. The number of anilines is 1. The Morgan fingerprint density at radius 2 is 1.58 bits per heavy atom. The van der Waals surface area contributed by atoms with Crippen molar-refractivity contribution in [2.45, 2.75) is 64.8 Å². The number of rotatable bonds is 6. The summed E-state index contributed by atoms with van der Waals surface area (Å²) in [5.41, 5.74) is 3.28. The summed E-state index contributed by atoms with van der Waals surface area (Å²) >= 11 is 0. The van der Waals surface area contributed by atoms with E-state index in [1.807, 2.05) is 6.07 Å². The van der Waals surface area contributed by atoms with Crippen LogP contribution >= 0.6 is 0 Å². The van der Waals surface area contributed by atoms with Crippen molar-refractivity contribution in [1.82, 2.24) is 5.32 Å². The number of carbonyl (C=O) groups is 2. The third-order valence-electron chi connectivity index (χ3n) is 5.41. The summed E-state index contributed by atoms with van der Waals surface area (Å²) in [5, 5.41) is 6.22. The third-order valence-corrected chi connectivity index (χ3v) is 5.41. The zero-order valence-electron chi connectivity index (χ0n) is 14.7. The van der Waals surface area contributed by atoms with E-state index in [2.05, 4.69) is 36.6 Å². The van der Waals surface area contributed by atoms with Gasteiger partial charge in [-0.15, -0.1) is 0 Å². The van der Waals surface area contributed by atoms with E-state index in [4.69, 9.17) is 0 Å². The molecule has 2 aliphatic rings. The highest BCUT2D eigenvalue weighted by molar-refractivity contribution is 6.00. The molecular weight excluding hydrogens is 300 g/mol. The predicted molar refractivity (Wildman–Crippen MR) is 95.8 cm³/mol. The van der Waals surface area contributed by atoms with E-state index in [9.17, 15) is 9.59 Å². The fraction of sp³-hybridized carbons (Fsp3) is 0.600. The van der Waals surface area contributed by atoms with Gasteiger partial charge in [0.05, 0.1) is 11.8 Å².